The molecular weight excluding hydrogens is 362 g/mol. The minimum absolute atomic E-state index is 0. The first-order valence-corrected chi connectivity index (χ1v) is 8.25. The highest BCUT2D eigenvalue weighted by molar-refractivity contribution is 5.85. The van der Waals surface area contributed by atoms with Crippen LogP contribution >= 0.6 is 12.4 Å². The number of aryl methyl sites for hydroxylation is 1. The van der Waals surface area contributed by atoms with Crippen molar-refractivity contribution >= 4 is 18.3 Å². The van der Waals surface area contributed by atoms with Gasteiger partial charge in [0.15, 0.2) is 11.6 Å². The quantitative estimate of drug-likeness (QED) is 0.851. The standard InChI is InChI=1S/C18H22F2N4O.ClH/c1-18(2,12-4-5-15(19)16(20)6-12)23-17(25)14-9-21-8-13(14)11-7-22-24(3)10-11;/h4-7,10,13-14,21H,8-9H2,1-3H3,(H,23,25);1H/t13-,14+;/m1./s1. The van der Waals surface area contributed by atoms with Crippen molar-refractivity contribution in [1.29, 1.82) is 0 Å². The smallest absolute Gasteiger partial charge is 0.225 e. The molecule has 2 atom stereocenters. The fourth-order valence-corrected chi connectivity index (χ4v) is 3.29. The molecule has 26 heavy (non-hydrogen) atoms. The highest BCUT2D eigenvalue weighted by Crippen LogP contribution is 2.30. The second-order valence-electron chi connectivity index (χ2n) is 7.06. The second-order valence-corrected chi connectivity index (χ2v) is 7.06. The Kier molecular flexibility index (Phi) is 6.03. The molecule has 0 aliphatic carbocycles. The van der Waals surface area contributed by atoms with E-state index in [0.717, 1.165) is 17.7 Å². The fourth-order valence-electron chi connectivity index (χ4n) is 3.29. The van der Waals surface area contributed by atoms with E-state index in [1.165, 1.54) is 6.07 Å². The summed E-state index contributed by atoms with van der Waals surface area (Å²) in [5, 5.41) is 10.4. The normalized spacial score (nSPS) is 19.9. The molecule has 142 valence electrons. The number of nitrogens with zero attached hydrogens (tertiary/aromatic N) is 2. The van der Waals surface area contributed by atoms with Crippen LogP contribution in [-0.4, -0.2) is 28.8 Å². The molecule has 3 rings (SSSR count). The van der Waals surface area contributed by atoms with Gasteiger partial charge >= 0.3 is 0 Å². The molecule has 0 bridgehead atoms. The molecule has 0 unspecified atom stereocenters. The van der Waals surface area contributed by atoms with Crippen LogP contribution in [0.5, 0.6) is 0 Å². The van der Waals surface area contributed by atoms with Gasteiger partial charge in [0.1, 0.15) is 0 Å². The number of hydrogen-bond acceptors (Lipinski definition) is 3. The maximum Gasteiger partial charge on any atom is 0.225 e. The van der Waals surface area contributed by atoms with Crippen LogP contribution in [0.1, 0.15) is 30.9 Å². The van der Waals surface area contributed by atoms with Gasteiger partial charge in [-0.3, -0.25) is 9.48 Å². The van der Waals surface area contributed by atoms with Crippen LogP contribution in [0.3, 0.4) is 0 Å². The molecule has 8 heteroatoms. The van der Waals surface area contributed by atoms with Gasteiger partial charge in [0.25, 0.3) is 0 Å². The predicted octanol–water partition coefficient (Wildman–Crippen LogP) is 2.47. The molecule has 2 aromatic rings. The Morgan fingerprint density at radius 1 is 1.31 bits per heavy atom. The largest absolute Gasteiger partial charge is 0.347 e. The molecule has 1 amide bonds. The molecule has 1 aliphatic heterocycles. The van der Waals surface area contributed by atoms with Crippen LogP contribution in [0.4, 0.5) is 8.78 Å². The molecule has 5 nitrogen and oxygen atoms in total. The average Bonchev–Trinajstić information content (AvgIpc) is 3.17. The molecule has 1 fully saturated rings. The Balaban J connectivity index is 0.00000243. The lowest BCUT2D eigenvalue weighted by Gasteiger charge is -2.29. The Bertz CT molecular complexity index is 793. The van der Waals surface area contributed by atoms with E-state index in [9.17, 15) is 13.6 Å². The van der Waals surface area contributed by atoms with Crippen molar-refractivity contribution in [3.63, 3.8) is 0 Å². The van der Waals surface area contributed by atoms with Gasteiger partial charge in [-0.25, -0.2) is 8.78 Å². The number of amides is 1. The van der Waals surface area contributed by atoms with Gasteiger partial charge < -0.3 is 10.6 Å². The first-order chi connectivity index (χ1) is 11.8. The summed E-state index contributed by atoms with van der Waals surface area (Å²) in [7, 11) is 1.84. The summed E-state index contributed by atoms with van der Waals surface area (Å²) in [4.78, 5) is 12.8. The molecule has 0 saturated carbocycles. The van der Waals surface area contributed by atoms with E-state index in [-0.39, 0.29) is 30.2 Å². The third-order valence-electron chi connectivity index (χ3n) is 4.78. The second kappa shape index (κ2) is 7.72. The summed E-state index contributed by atoms with van der Waals surface area (Å²) in [5.74, 6) is -2.14. The van der Waals surface area contributed by atoms with Crippen LogP contribution in [0.2, 0.25) is 0 Å². The number of carbonyl (C=O) groups excluding carboxylic acids is 1. The third-order valence-corrected chi connectivity index (χ3v) is 4.78. The van der Waals surface area contributed by atoms with E-state index in [2.05, 4.69) is 15.7 Å². The van der Waals surface area contributed by atoms with E-state index in [1.54, 1.807) is 24.7 Å². The minimum Gasteiger partial charge on any atom is -0.347 e. The molecule has 1 saturated heterocycles. The van der Waals surface area contributed by atoms with E-state index < -0.39 is 17.2 Å². The average molecular weight is 385 g/mol. The summed E-state index contributed by atoms with van der Waals surface area (Å²) in [6.07, 6.45) is 3.69. The lowest BCUT2D eigenvalue weighted by atomic mass is 9.88. The molecule has 0 radical (unpaired) electrons. The molecule has 1 aliphatic rings. The van der Waals surface area contributed by atoms with Crippen LogP contribution in [0.25, 0.3) is 0 Å². The van der Waals surface area contributed by atoms with E-state index in [1.807, 2.05) is 13.2 Å². The van der Waals surface area contributed by atoms with Gasteiger partial charge in [0, 0.05) is 32.3 Å². The lowest BCUT2D eigenvalue weighted by Crippen LogP contribution is -2.45. The molecule has 1 aromatic heterocycles. The summed E-state index contributed by atoms with van der Waals surface area (Å²) >= 11 is 0. The van der Waals surface area contributed by atoms with Gasteiger partial charge in [0.2, 0.25) is 5.91 Å². The maximum atomic E-state index is 13.5. The zero-order valence-corrected chi connectivity index (χ0v) is 15.7. The summed E-state index contributed by atoms with van der Waals surface area (Å²) in [6.45, 7) is 4.83. The predicted molar refractivity (Wildman–Crippen MR) is 97.1 cm³/mol. The number of carbonyl (C=O) groups is 1. The topological polar surface area (TPSA) is 59.0 Å². The van der Waals surface area contributed by atoms with Crippen molar-refractivity contribution in [1.82, 2.24) is 20.4 Å². The molecule has 1 aromatic carbocycles. The number of rotatable bonds is 4. The van der Waals surface area contributed by atoms with Crippen molar-refractivity contribution in [3.05, 3.63) is 53.4 Å². The minimum atomic E-state index is -0.921. The number of hydrogen-bond donors (Lipinski definition) is 2. The summed E-state index contributed by atoms with van der Waals surface area (Å²) in [5.41, 5.74) is 0.718. The van der Waals surface area contributed by atoms with Crippen molar-refractivity contribution in [2.45, 2.75) is 25.3 Å². The number of benzene rings is 1. The molecule has 2 N–H and O–H groups in total. The highest BCUT2D eigenvalue weighted by Gasteiger charge is 2.37. The van der Waals surface area contributed by atoms with Gasteiger partial charge in [-0.1, -0.05) is 6.07 Å². The van der Waals surface area contributed by atoms with Gasteiger partial charge in [-0.05, 0) is 37.1 Å². The Labute approximate surface area is 157 Å². The number of nitrogens with one attached hydrogen (secondary N) is 2. The zero-order valence-electron chi connectivity index (χ0n) is 14.9. The monoisotopic (exact) mass is 384 g/mol. The highest BCUT2D eigenvalue weighted by atomic mass is 35.5. The first kappa shape index (κ1) is 20.3. The Hall–Kier alpha value is -1.99. The van der Waals surface area contributed by atoms with Crippen molar-refractivity contribution < 1.29 is 13.6 Å². The van der Waals surface area contributed by atoms with Crippen molar-refractivity contribution in [2.75, 3.05) is 13.1 Å². The fraction of sp³-hybridized carbons (Fsp3) is 0.444. The summed E-state index contributed by atoms with van der Waals surface area (Å²) < 4.78 is 28.4. The van der Waals surface area contributed by atoms with Crippen LogP contribution in [-0.2, 0) is 17.4 Å². The van der Waals surface area contributed by atoms with Crippen LogP contribution in [0.15, 0.2) is 30.6 Å². The third kappa shape index (κ3) is 4.04. The maximum absolute atomic E-state index is 13.5. The van der Waals surface area contributed by atoms with Crippen molar-refractivity contribution in [2.24, 2.45) is 13.0 Å². The summed E-state index contributed by atoms with van der Waals surface area (Å²) in [6, 6.07) is 3.69. The Morgan fingerprint density at radius 3 is 2.65 bits per heavy atom. The van der Waals surface area contributed by atoms with E-state index in [0.29, 0.717) is 18.7 Å². The number of aromatic nitrogens is 2. The molecular formula is C18H23ClF2N4O. The van der Waals surface area contributed by atoms with Gasteiger partial charge in [-0.2, -0.15) is 5.10 Å². The molecule has 2 heterocycles. The van der Waals surface area contributed by atoms with Crippen LogP contribution in [0, 0.1) is 17.6 Å². The van der Waals surface area contributed by atoms with Gasteiger partial charge in [0.05, 0.1) is 17.7 Å². The lowest BCUT2D eigenvalue weighted by molar-refractivity contribution is -0.126. The van der Waals surface area contributed by atoms with Crippen molar-refractivity contribution in [3.8, 4) is 0 Å². The van der Waals surface area contributed by atoms with E-state index >= 15 is 0 Å². The first-order valence-electron chi connectivity index (χ1n) is 8.25. The van der Waals surface area contributed by atoms with Gasteiger partial charge in [-0.15, -0.1) is 12.4 Å². The van der Waals surface area contributed by atoms with Crippen LogP contribution < -0.4 is 10.6 Å². The molecule has 0 spiro atoms. The zero-order chi connectivity index (χ0) is 18.2. The number of halogens is 3. The SMILES string of the molecule is Cl.Cn1cc([C@H]2CNC[C@@H]2C(=O)NC(C)(C)c2ccc(F)c(F)c2)cn1. The van der Waals surface area contributed by atoms with E-state index in [4.69, 9.17) is 0 Å². The Morgan fingerprint density at radius 2 is 2.04 bits per heavy atom.